The molecule has 0 amide bonds. The Balaban J connectivity index is 1.11. The van der Waals surface area contributed by atoms with Crippen molar-refractivity contribution in [2.24, 2.45) is 0 Å². The summed E-state index contributed by atoms with van der Waals surface area (Å²) in [6.45, 7) is 7.71. The Hall–Kier alpha value is -3.95. The Kier molecular flexibility index (Phi) is 9.66. The minimum atomic E-state index is -0.511. The molecule has 0 N–H and O–H groups in total. The number of ether oxygens (including phenoxy) is 2. The van der Waals surface area contributed by atoms with Crippen LogP contribution < -0.4 is 10.2 Å². The van der Waals surface area contributed by atoms with E-state index in [-0.39, 0.29) is 34.5 Å². The van der Waals surface area contributed by atoms with Gasteiger partial charge in [0, 0.05) is 50.2 Å². The van der Waals surface area contributed by atoms with Gasteiger partial charge < -0.3 is 18.8 Å². The molecule has 232 valence electrons. The number of hydrogen-bond acceptors (Lipinski definition) is 8. The van der Waals surface area contributed by atoms with Gasteiger partial charge in [0.15, 0.2) is 5.76 Å². The van der Waals surface area contributed by atoms with Gasteiger partial charge in [0.05, 0.1) is 45.4 Å². The Morgan fingerprint density at radius 2 is 1.73 bits per heavy atom. The average molecular weight is 647 g/mol. The van der Waals surface area contributed by atoms with Crippen LogP contribution in [-0.4, -0.2) is 66.7 Å². The van der Waals surface area contributed by atoms with Crippen molar-refractivity contribution in [1.82, 2.24) is 14.8 Å². The summed E-state index contributed by atoms with van der Waals surface area (Å²) in [5.74, 6) is -0.191. The summed E-state index contributed by atoms with van der Waals surface area (Å²) < 4.78 is 17.4. The van der Waals surface area contributed by atoms with E-state index in [1.807, 2.05) is 12.1 Å². The topological polar surface area (TPSA) is 85.1 Å². The summed E-state index contributed by atoms with van der Waals surface area (Å²) in [5.41, 5.74) is 2.87. The smallest absolute Gasteiger partial charge is 0.338 e. The molecule has 10 heteroatoms. The fraction of sp³-hybridized carbons (Fsp3) is 0.286. The molecule has 1 aliphatic heterocycles. The third kappa shape index (κ3) is 7.15. The molecule has 5 aromatic rings. The van der Waals surface area contributed by atoms with E-state index in [2.05, 4.69) is 34.1 Å². The second-order valence-electron chi connectivity index (χ2n) is 11.0. The number of fused-ring (bicyclic) bond motifs is 2. The highest BCUT2D eigenvalue weighted by molar-refractivity contribution is 6.42. The number of nitrogens with zero attached hydrogens (tertiary/aromatic N) is 3. The number of piperazine rings is 1. The quantitative estimate of drug-likeness (QED) is 0.118. The minimum absolute atomic E-state index is 0.0644. The van der Waals surface area contributed by atoms with Gasteiger partial charge in [-0.1, -0.05) is 47.5 Å². The van der Waals surface area contributed by atoms with E-state index in [1.165, 1.54) is 6.07 Å². The van der Waals surface area contributed by atoms with E-state index in [0.717, 1.165) is 55.9 Å². The van der Waals surface area contributed by atoms with Gasteiger partial charge in [-0.05, 0) is 61.9 Å². The van der Waals surface area contributed by atoms with E-state index in [1.54, 1.807) is 37.3 Å². The van der Waals surface area contributed by atoms with Crippen LogP contribution in [0.15, 0.2) is 82.0 Å². The molecule has 3 heterocycles. The van der Waals surface area contributed by atoms with Crippen molar-refractivity contribution in [2.75, 3.05) is 45.9 Å². The number of hydrogen-bond donors (Lipinski definition) is 0. The van der Waals surface area contributed by atoms with Gasteiger partial charge in [0.25, 0.3) is 0 Å². The van der Waals surface area contributed by atoms with Crippen molar-refractivity contribution in [3.05, 3.63) is 104 Å². The molecule has 0 radical (unpaired) electrons. The van der Waals surface area contributed by atoms with Gasteiger partial charge in [-0.3, -0.25) is 14.7 Å². The third-order valence-electron chi connectivity index (χ3n) is 7.91. The summed E-state index contributed by atoms with van der Waals surface area (Å²) in [7, 11) is 0. The average Bonchev–Trinajstić information content (AvgIpc) is 3.05. The Bertz CT molecular complexity index is 1900. The highest BCUT2D eigenvalue weighted by atomic mass is 35.5. The fourth-order valence-electron chi connectivity index (χ4n) is 5.54. The van der Waals surface area contributed by atoms with Crippen molar-refractivity contribution in [2.45, 2.75) is 19.9 Å². The number of rotatable bonds is 10. The van der Waals surface area contributed by atoms with Gasteiger partial charge in [0.1, 0.15) is 5.58 Å². The molecule has 6 rings (SSSR count). The molecule has 1 fully saturated rings. The van der Waals surface area contributed by atoms with Crippen LogP contribution in [0, 0.1) is 0 Å². The monoisotopic (exact) mass is 645 g/mol. The number of aromatic nitrogens is 1. The molecule has 2 aromatic heterocycles. The van der Waals surface area contributed by atoms with Crippen LogP contribution in [-0.2, 0) is 11.3 Å². The van der Waals surface area contributed by atoms with E-state index in [9.17, 15) is 9.59 Å². The highest BCUT2D eigenvalue weighted by Crippen LogP contribution is 2.35. The molecule has 0 unspecified atom stereocenters. The molecule has 8 nitrogen and oxygen atoms in total. The Morgan fingerprint density at radius 3 is 2.53 bits per heavy atom. The van der Waals surface area contributed by atoms with Gasteiger partial charge >= 0.3 is 5.97 Å². The molecule has 3 aromatic carbocycles. The Morgan fingerprint density at radius 1 is 0.933 bits per heavy atom. The number of halogens is 2. The van der Waals surface area contributed by atoms with Gasteiger partial charge in [0.2, 0.25) is 11.2 Å². The lowest BCUT2D eigenvalue weighted by Crippen LogP contribution is -2.46. The molecule has 1 aliphatic rings. The third-order valence-corrected chi connectivity index (χ3v) is 8.65. The lowest BCUT2D eigenvalue weighted by Gasteiger charge is -2.34. The lowest BCUT2D eigenvalue weighted by molar-refractivity contribution is 0.0526. The van der Waals surface area contributed by atoms with Crippen LogP contribution in [0.3, 0.4) is 0 Å². The second-order valence-corrected chi connectivity index (χ2v) is 11.8. The van der Waals surface area contributed by atoms with Crippen molar-refractivity contribution in [1.29, 1.82) is 0 Å². The standard InChI is InChI=1S/C35H33Cl2N3O5/c1-2-43-35(42)25-10-13-31-27(20-25)32(41)34(33(45-31)24-9-12-28(36)29(37)21-24)44-19-5-14-39-15-17-40(18-16-39)22-26-11-8-23-6-3-4-7-30(23)38-26/h3-4,6-13,20-21H,2,5,14-19,22H2,1H3. The highest BCUT2D eigenvalue weighted by Gasteiger charge is 2.21. The molecule has 0 aliphatic carbocycles. The van der Waals surface area contributed by atoms with Crippen LogP contribution in [0.1, 0.15) is 29.4 Å². The predicted molar refractivity (Wildman–Crippen MR) is 177 cm³/mol. The summed E-state index contributed by atoms with van der Waals surface area (Å²) in [5, 5.41) is 2.10. The van der Waals surface area contributed by atoms with Crippen molar-refractivity contribution in [3.63, 3.8) is 0 Å². The minimum Gasteiger partial charge on any atom is -0.486 e. The summed E-state index contributed by atoms with van der Waals surface area (Å²) >= 11 is 12.4. The predicted octanol–water partition coefficient (Wildman–Crippen LogP) is 7.08. The number of para-hydroxylation sites is 1. The maximum Gasteiger partial charge on any atom is 0.338 e. The first-order valence-corrected chi connectivity index (χ1v) is 15.8. The van der Waals surface area contributed by atoms with E-state index in [4.69, 9.17) is 42.1 Å². The van der Waals surface area contributed by atoms with Crippen molar-refractivity contribution >= 4 is 51.0 Å². The number of esters is 1. The molecule has 45 heavy (non-hydrogen) atoms. The first-order valence-electron chi connectivity index (χ1n) is 15.0. The van der Waals surface area contributed by atoms with E-state index >= 15 is 0 Å². The number of carbonyl (C=O) groups excluding carboxylic acids is 1. The normalized spacial score (nSPS) is 14.2. The summed E-state index contributed by atoms with van der Waals surface area (Å²) in [6, 6.07) is 22.1. The van der Waals surface area contributed by atoms with Crippen LogP contribution in [0.4, 0.5) is 0 Å². The SMILES string of the molecule is CCOC(=O)c1ccc2oc(-c3ccc(Cl)c(Cl)c3)c(OCCCN3CCN(Cc4ccc5ccccc5n4)CC3)c(=O)c2c1. The van der Waals surface area contributed by atoms with Crippen LogP contribution >= 0.6 is 23.2 Å². The fourth-order valence-corrected chi connectivity index (χ4v) is 5.83. The molecule has 0 bridgehead atoms. The first-order chi connectivity index (χ1) is 21.9. The molecular weight excluding hydrogens is 613 g/mol. The zero-order valence-electron chi connectivity index (χ0n) is 24.9. The lowest BCUT2D eigenvalue weighted by atomic mass is 10.1. The molecule has 0 atom stereocenters. The van der Waals surface area contributed by atoms with Gasteiger partial charge in [-0.2, -0.15) is 0 Å². The number of carbonyl (C=O) groups is 1. The van der Waals surface area contributed by atoms with Crippen LogP contribution in [0.25, 0.3) is 33.2 Å². The van der Waals surface area contributed by atoms with E-state index < -0.39 is 5.97 Å². The van der Waals surface area contributed by atoms with Crippen LogP contribution in [0.5, 0.6) is 5.75 Å². The molecule has 0 saturated carbocycles. The maximum absolute atomic E-state index is 13.7. The van der Waals surface area contributed by atoms with Crippen molar-refractivity contribution in [3.8, 4) is 17.1 Å². The largest absolute Gasteiger partial charge is 0.486 e. The molecular formula is C35H33Cl2N3O5. The molecule has 1 saturated heterocycles. The summed E-state index contributed by atoms with van der Waals surface area (Å²) in [4.78, 5) is 35.7. The van der Waals surface area contributed by atoms with E-state index in [0.29, 0.717) is 34.2 Å². The van der Waals surface area contributed by atoms with Crippen LogP contribution in [0.2, 0.25) is 10.0 Å². The number of benzene rings is 3. The maximum atomic E-state index is 13.7. The number of pyridine rings is 1. The Labute approximate surface area is 271 Å². The summed E-state index contributed by atoms with van der Waals surface area (Å²) in [6.07, 6.45) is 0.716. The van der Waals surface area contributed by atoms with Gasteiger partial charge in [-0.15, -0.1) is 0 Å². The van der Waals surface area contributed by atoms with Gasteiger partial charge in [-0.25, -0.2) is 4.79 Å². The molecule has 0 spiro atoms. The zero-order valence-corrected chi connectivity index (χ0v) is 26.4. The second kappa shape index (κ2) is 14.0. The van der Waals surface area contributed by atoms with Crippen molar-refractivity contribution < 1.29 is 18.7 Å². The zero-order chi connectivity index (χ0) is 31.3. The first kappa shape index (κ1) is 31.0.